The van der Waals surface area contributed by atoms with Crippen LogP contribution in [0.25, 0.3) is 53.5 Å². The van der Waals surface area contributed by atoms with Gasteiger partial charge in [0, 0.05) is 26.4 Å². The molecule has 1 nitrogen and oxygen atoms in total. The minimum absolute atomic E-state index is 0.427. The molecule has 0 fully saturated rings. The first-order valence-electron chi connectivity index (χ1n) is 14.4. The summed E-state index contributed by atoms with van der Waals surface area (Å²) in [6, 6.07) is 55.5. The molecule has 8 aromatic rings. The van der Waals surface area contributed by atoms with Crippen molar-refractivity contribution < 1.29 is 0 Å². The van der Waals surface area contributed by atoms with Crippen LogP contribution >= 0.6 is 11.3 Å². The Morgan fingerprint density at radius 3 is 1.90 bits per heavy atom. The fraction of sp³-hybridized carbons (Fsp3) is 0.0250. The maximum absolute atomic E-state index is 5.15. The molecule has 2 heterocycles. The molecule has 0 saturated carbocycles. The molecule has 2 aromatic heterocycles. The number of aromatic nitrogens is 1. The first-order chi connectivity index (χ1) is 20.8. The van der Waals surface area contributed by atoms with E-state index in [0.717, 1.165) is 10.3 Å². The zero-order valence-electron chi connectivity index (χ0n) is 22.8. The molecule has 0 spiro atoms. The second-order valence-corrected chi connectivity index (χ2v) is 12.1. The summed E-state index contributed by atoms with van der Waals surface area (Å²) in [4.78, 5) is 6.24. The van der Waals surface area contributed by atoms with Crippen molar-refractivity contribution in [2.75, 3.05) is 0 Å². The Labute approximate surface area is 248 Å². The lowest BCUT2D eigenvalue weighted by atomic mass is 9.67. The fourth-order valence-corrected chi connectivity index (χ4v) is 8.37. The maximum Gasteiger partial charge on any atom is 0.125 e. The number of rotatable bonds is 3. The quantitative estimate of drug-likeness (QED) is 0.213. The minimum Gasteiger partial charge on any atom is -0.237 e. The predicted octanol–water partition coefficient (Wildman–Crippen LogP) is 10.6. The maximum atomic E-state index is 5.15. The van der Waals surface area contributed by atoms with Crippen LogP contribution in [0.3, 0.4) is 0 Å². The second-order valence-electron chi connectivity index (χ2n) is 11.1. The third-order valence-electron chi connectivity index (χ3n) is 8.97. The van der Waals surface area contributed by atoms with Crippen LogP contribution in [0.2, 0.25) is 0 Å². The zero-order valence-corrected chi connectivity index (χ0v) is 23.6. The number of pyridine rings is 1. The number of thiophene rings is 1. The van der Waals surface area contributed by atoms with Crippen LogP contribution < -0.4 is 0 Å². The molecule has 0 aliphatic heterocycles. The number of hydrogen-bond acceptors (Lipinski definition) is 2. The summed E-state index contributed by atoms with van der Waals surface area (Å²) < 4.78 is 1.27. The van der Waals surface area contributed by atoms with E-state index in [9.17, 15) is 0 Å². The van der Waals surface area contributed by atoms with Gasteiger partial charge in [0.25, 0.3) is 0 Å². The predicted molar refractivity (Wildman–Crippen MR) is 177 cm³/mol. The summed E-state index contributed by atoms with van der Waals surface area (Å²) in [5, 5.41) is 3.70. The molecule has 0 radical (unpaired) electrons. The Morgan fingerprint density at radius 2 is 1.12 bits per heavy atom. The molecule has 9 rings (SSSR count). The van der Waals surface area contributed by atoms with Crippen LogP contribution in [0.15, 0.2) is 152 Å². The van der Waals surface area contributed by atoms with Crippen LogP contribution in [0.4, 0.5) is 0 Å². The van der Waals surface area contributed by atoms with E-state index in [0.29, 0.717) is 0 Å². The SMILES string of the molecule is c1ccc(C2(c3ccccc3)c3ccccc3-c3ccc(-c4c5ccccc5nc5sc6ccccc6c45)cc32)cc1. The van der Waals surface area contributed by atoms with Crippen LogP contribution in [0.5, 0.6) is 0 Å². The lowest BCUT2D eigenvalue weighted by Gasteiger charge is -2.34. The lowest BCUT2D eigenvalue weighted by molar-refractivity contribution is 0.769. The molecule has 0 saturated heterocycles. The van der Waals surface area contributed by atoms with Gasteiger partial charge in [-0.1, -0.05) is 133 Å². The number of fused-ring (bicyclic) bond motifs is 7. The van der Waals surface area contributed by atoms with Crippen molar-refractivity contribution in [3.05, 3.63) is 174 Å². The highest BCUT2D eigenvalue weighted by Crippen LogP contribution is 2.57. The standard InChI is InChI=1S/C40H25NS/c1-3-13-27(14-4-1)40(28-15-5-2-6-16-28)33-20-10-7-17-29(33)30-24-23-26(25-34(30)40)37-31-18-8-11-21-35(31)41-39-38(37)32-19-9-12-22-36(32)42-39/h1-25H. The summed E-state index contributed by atoms with van der Waals surface area (Å²) in [5.41, 5.74) is 10.9. The van der Waals surface area contributed by atoms with Crippen molar-refractivity contribution in [3.8, 4) is 22.3 Å². The average molecular weight is 552 g/mol. The van der Waals surface area contributed by atoms with E-state index in [4.69, 9.17) is 4.98 Å². The largest absolute Gasteiger partial charge is 0.237 e. The van der Waals surface area contributed by atoms with E-state index in [2.05, 4.69) is 152 Å². The van der Waals surface area contributed by atoms with Crippen molar-refractivity contribution in [2.24, 2.45) is 0 Å². The van der Waals surface area contributed by atoms with E-state index in [1.165, 1.54) is 65.4 Å². The smallest absolute Gasteiger partial charge is 0.125 e. The van der Waals surface area contributed by atoms with Gasteiger partial charge in [0.1, 0.15) is 4.83 Å². The molecule has 0 amide bonds. The van der Waals surface area contributed by atoms with Crippen molar-refractivity contribution in [2.45, 2.75) is 5.41 Å². The Morgan fingerprint density at radius 1 is 0.500 bits per heavy atom. The van der Waals surface area contributed by atoms with Gasteiger partial charge in [-0.05, 0) is 57.1 Å². The number of para-hydroxylation sites is 1. The second kappa shape index (κ2) is 8.97. The van der Waals surface area contributed by atoms with Crippen molar-refractivity contribution in [1.82, 2.24) is 4.98 Å². The number of nitrogens with zero attached hydrogens (tertiary/aromatic N) is 1. The molecular weight excluding hydrogens is 527 g/mol. The molecule has 0 unspecified atom stereocenters. The van der Waals surface area contributed by atoms with Gasteiger partial charge in [0.15, 0.2) is 0 Å². The third-order valence-corrected chi connectivity index (χ3v) is 10.0. The molecule has 2 heteroatoms. The van der Waals surface area contributed by atoms with Crippen molar-refractivity contribution in [3.63, 3.8) is 0 Å². The normalized spacial score (nSPS) is 13.4. The summed E-state index contributed by atoms with van der Waals surface area (Å²) in [5.74, 6) is 0. The molecule has 42 heavy (non-hydrogen) atoms. The van der Waals surface area contributed by atoms with Gasteiger partial charge in [-0.15, -0.1) is 11.3 Å². The number of hydrogen-bond donors (Lipinski definition) is 0. The Bertz CT molecular complexity index is 2260. The van der Waals surface area contributed by atoms with E-state index in [1.807, 2.05) is 0 Å². The van der Waals surface area contributed by atoms with E-state index in [-0.39, 0.29) is 0 Å². The minimum atomic E-state index is -0.427. The highest BCUT2D eigenvalue weighted by molar-refractivity contribution is 7.25. The van der Waals surface area contributed by atoms with Gasteiger partial charge in [-0.25, -0.2) is 4.98 Å². The van der Waals surface area contributed by atoms with Gasteiger partial charge >= 0.3 is 0 Å². The Balaban J connectivity index is 1.44. The van der Waals surface area contributed by atoms with Gasteiger partial charge in [0.05, 0.1) is 10.9 Å². The molecule has 0 bridgehead atoms. The van der Waals surface area contributed by atoms with E-state index < -0.39 is 5.41 Å². The molecule has 0 atom stereocenters. The van der Waals surface area contributed by atoms with Crippen LogP contribution in [0.1, 0.15) is 22.3 Å². The highest BCUT2D eigenvalue weighted by Gasteiger charge is 2.46. The van der Waals surface area contributed by atoms with Crippen LogP contribution in [-0.2, 0) is 5.41 Å². The molecule has 196 valence electrons. The lowest BCUT2D eigenvalue weighted by Crippen LogP contribution is -2.28. The summed E-state index contributed by atoms with van der Waals surface area (Å²) in [7, 11) is 0. The average Bonchev–Trinajstić information content (AvgIpc) is 3.57. The molecule has 6 aromatic carbocycles. The third kappa shape index (κ3) is 3.16. The van der Waals surface area contributed by atoms with E-state index >= 15 is 0 Å². The zero-order chi connectivity index (χ0) is 27.7. The Hall–Kier alpha value is -5.05. The van der Waals surface area contributed by atoms with Crippen LogP contribution in [-0.4, -0.2) is 4.98 Å². The highest BCUT2D eigenvalue weighted by atomic mass is 32.1. The molecule has 1 aliphatic carbocycles. The van der Waals surface area contributed by atoms with Gasteiger partial charge in [-0.2, -0.15) is 0 Å². The molecule has 1 aliphatic rings. The monoisotopic (exact) mass is 551 g/mol. The van der Waals surface area contributed by atoms with Gasteiger partial charge < -0.3 is 0 Å². The summed E-state index contributed by atoms with van der Waals surface area (Å²) >= 11 is 1.78. The van der Waals surface area contributed by atoms with Crippen molar-refractivity contribution in [1.29, 1.82) is 0 Å². The van der Waals surface area contributed by atoms with Gasteiger partial charge in [-0.3, -0.25) is 0 Å². The summed E-state index contributed by atoms with van der Waals surface area (Å²) in [6.07, 6.45) is 0. The first-order valence-corrected chi connectivity index (χ1v) is 15.2. The summed E-state index contributed by atoms with van der Waals surface area (Å²) in [6.45, 7) is 0. The molecule has 0 N–H and O–H groups in total. The molecular formula is C40H25NS. The van der Waals surface area contributed by atoms with Crippen LogP contribution in [0, 0.1) is 0 Å². The fourth-order valence-electron chi connectivity index (χ4n) is 7.28. The van der Waals surface area contributed by atoms with Gasteiger partial charge in [0.2, 0.25) is 0 Å². The number of benzene rings is 6. The van der Waals surface area contributed by atoms with E-state index in [1.54, 1.807) is 11.3 Å². The van der Waals surface area contributed by atoms with Crippen molar-refractivity contribution >= 4 is 42.5 Å². The topological polar surface area (TPSA) is 12.9 Å². The Kier molecular flexibility index (Phi) is 5.05. The first kappa shape index (κ1) is 23.6.